The number of nitrogens with one attached hydrogen (secondary N) is 1. The molecule has 0 aliphatic carbocycles. The highest BCUT2D eigenvalue weighted by atomic mass is 16.5. The standard InChI is InChI=1S/C9H17NO/c1-8-7-9(4-5-10-8)3-2-6-11-9/h8,10H,2-7H2,1H3/t8-,9+/m1/s1. The first-order valence-electron chi connectivity index (χ1n) is 4.68. The largest absolute Gasteiger partial charge is 0.375 e. The molecule has 0 radical (unpaired) electrons. The molecule has 1 spiro atoms. The Bertz CT molecular complexity index is 140. The van der Waals surface area contributed by atoms with E-state index in [1.54, 1.807) is 0 Å². The molecule has 2 aliphatic heterocycles. The Kier molecular flexibility index (Phi) is 1.90. The van der Waals surface area contributed by atoms with Gasteiger partial charge in [-0.3, -0.25) is 0 Å². The molecular weight excluding hydrogens is 138 g/mol. The lowest BCUT2D eigenvalue weighted by Crippen LogP contribution is -2.46. The molecule has 0 saturated carbocycles. The number of hydrogen-bond acceptors (Lipinski definition) is 2. The molecule has 0 bridgehead atoms. The van der Waals surface area contributed by atoms with Crippen molar-refractivity contribution in [3.8, 4) is 0 Å². The van der Waals surface area contributed by atoms with Gasteiger partial charge in [0, 0.05) is 12.6 Å². The van der Waals surface area contributed by atoms with Gasteiger partial charge < -0.3 is 10.1 Å². The summed E-state index contributed by atoms with van der Waals surface area (Å²) < 4.78 is 5.81. The summed E-state index contributed by atoms with van der Waals surface area (Å²) in [4.78, 5) is 0. The van der Waals surface area contributed by atoms with Crippen LogP contribution in [-0.4, -0.2) is 24.8 Å². The first-order chi connectivity index (χ1) is 5.31. The lowest BCUT2D eigenvalue weighted by molar-refractivity contribution is -0.0287. The Morgan fingerprint density at radius 1 is 1.45 bits per heavy atom. The number of hydrogen-bond donors (Lipinski definition) is 1. The van der Waals surface area contributed by atoms with E-state index in [0.29, 0.717) is 6.04 Å². The zero-order valence-corrected chi connectivity index (χ0v) is 7.23. The van der Waals surface area contributed by atoms with Crippen LogP contribution in [0.5, 0.6) is 0 Å². The highest BCUT2D eigenvalue weighted by molar-refractivity contribution is 4.92. The van der Waals surface area contributed by atoms with Crippen LogP contribution in [0, 0.1) is 0 Å². The van der Waals surface area contributed by atoms with E-state index < -0.39 is 0 Å². The highest BCUT2D eigenvalue weighted by Crippen LogP contribution is 2.35. The molecule has 0 aromatic carbocycles. The Morgan fingerprint density at radius 3 is 3.00 bits per heavy atom. The summed E-state index contributed by atoms with van der Waals surface area (Å²) in [6.07, 6.45) is 5.00. The SMILES string of the molecule is C[C@@H]1C[C@]2(CCCO2)CCN1. The smallest absolute Gasteiger partial charge is 0.0710 e. The molecule has 0 aromatic heterocycles. The van der Waals surface area contributed by atoms with Crippen molar-refractivity contribution < 1.29 is 4.74 Å². The third-order valence-corrected chi connectivity index (χ3v) is 2.94. The average Bonchev–Trinajstić information content (AvgIpc) is 2.37. The second kappa shape index (κ2) is 2.76. The molecule has 1 N–H and O–H groups in total. The molecule has 2 saturated heterocycles. The van der Waals surface area contributed by atoms with Crippen molar-refractivity contribution in [1.29, 1.82) is 0 Å². The molecule has 11 heavy (non-hydrogen) atoms. The van der Waals surface area contributed by atoms with Crippen LogP contribution >= 0.6 is 0 Å². The van der Waals surface area contributed by atoms with E-state index in [9.17, 15) is 0 Å². The molecule has 0 unspecified atom stereocenters. The zero-order chi connectivity index (χ0) is 7.73. The predicted octanol–water partition coefficient (Wildman–Crippen LogP) is 1.31. The Morgan fingerprint density at radius 2 is 2.36 bits per heavy atom. The fraction of sp³-hybridized carbons (Fsp3) is 1.00. The van der Waals surface area contributed by atoms with Crippen LogP contribution in [0.1, 0.15) is 32.6 Å². The fourth-order valence-corrected chi connectivity index (χ4v) is 2.39. The first kappa shape index (κ1) is 7.56. The van der Waals surface area contributed by atoms with Gasteiger partial charge in [-0.15, -0.1) is 0 Å². The van der Waals surface area contributed by atoms with E-state index in [-0.39, 0.29) is 5.60 Å². The second-order valence-electron chi connectivity index (χ2n) is 3.94. The summed E-state index contributed by atoms with van der Waals surface area (Å²) in [7, 11) is 0. The maximum atomic E-state index is 5.81. The van der Waals surface area contributed by atoms with Crippen LogP contribution in [-0.2, 0) is 4.74 Å². The molecule has 64 valence electrons. The van der Waals surface area contributed by atoms with Gasteiger partial charge in [0.25, 0.3) is 0 Å². The Balaban J connectivity index is 2.00. The molecule has 0 aromatic rings. The average molecular weight is 155 g/mol. The number of ether oxygens (including phenoxy) is 1. The topological polar surface area (TPSA) is 21.3 Å². The molecule has 2 heterocycles. The molecule has 2 fully saturated rings. The third kappa shape index (κ3) is 1.42. The highest BCUT2D eigenvalue weighted by Gasteiger charge is 2.38. The number of rotatable bonds is 0. The molecular formula is C9H17NO. The maximum absolute atomic E-state index is 5.81. The third-order valence-electron chi connectivity index (χ3n) is 2.94. The summed E-state index contributed by atoms with van der Waals surface area (Å²) in [5.41, 5.74) is 0.282. The van der Waals surface area contributed by atoms with Crippen LogP contribution in [0.15, 0.2) is 0 Å². The van der Waals surface area contributed by atoms with Crippen molar-refractivity contribution in [3.63, 3.8) is 0 Å². The van der Waals surface area contributed by atoms with E-state index in [4.69, 9.17) is 4.74 Å². The second-order valence-corrected chi connectivity index (χ2v) is 3.94. The predicted molar refractivity (Wildman–Crippen MR) is 44.6 cm³/mol. The Labute approximate surface area is 68.3 Å². The van der Waals surface area contributed by atoms with Gasteiger partial charge in [0.05, 0.1) is 5.60 Å². The van der Waals surface area contributed by atoms with Gasteiger partial charge in [-0.05, 0) is 39.2 Å². The van der Waals surface area contributed by atoms with Crippen molar-refractivity contribution in [1.82, 2.24) is 5.32 Å². The van der Waals surface area contributed by atoms with E-state index in [1.165, 1.54) is 25.7 Å². The summed E-state index contributed by atoms with van der Waals surface area (Å²) in [6.45, 7) is 4.39. The molecule has 2 heteroatoms. The van der Waals surface area contributed by atoms with Gasteiger partial charge in [0.1, 0.15) is 0 Å². The number of piperidine rings is 1. The quantitative estimate of drug-likeness (QED) is 0.569. The minimum Gasteiger partial charge on any atom is -0.375 e. The van der Waals surface area contributed by atoms with Crippen molar-refractivity contribution in [2.45, 2.75) is 44.2 Å². The van der Waals surface area contributed by atoms with Gasteiger partial charge in [-0.1, -0.05) is 0 Å². The van der Waals surface area contributed by atoms with Crippen molar-refractivity contribution in [3.05, 3.63) is 0 Å². The Hall–Kier alpha value is -0.0800. The van der Waals surface area contributed by atoms with E-state index in [2.05, 4.69) is 12.2 Å². The molecule has 2 nitrogen and oxygen atoms in total. The fourth-order valence-electron chi connectivity index (χ4n) is 2.39. The zero-order valence-electron chi connectivity index (χ0n) is 7.23. The van der Waals surface area contributed by atoms with Crippen LogP contribution < -0.4 is 5.32 Å². The summed E-state index contributed by atoms with van der Waals surface area (Å²) in [5.74, 6) is 0. The molecule has 2 rings (SSSR count). The van der Waals surface area contributed by atoms with Crippen molar-refractivity contribution in [2.75, 3.05) is 13.2 Å². The van der Waals surface area contributed by atoms with Crippen LogP contribution in [0.4, 0.5) is 0 Å². The summed E-state index contributed by atoms with van der Waals surface area (Å²) in [5, 5.41) is 3.45. The monoisotopic (exact) mass is 155 g/mol. The first-order valence-corrected chi connectivity index (χ1v) is 4.68. The van der Waals surface area contributed by atoms with E-state index in [1.807, 2.05) is 0 Å². The van der Waals surface area contributed by atoms with Gasteiger partial charge in [0.15, 0.2) is 0 Å². The van der Waals surface area contributed by atoms with Crippen LogP contribution in [0.3, 0.4) is 0 Å². The summed E-state index contributed by atoms with van der Waals surface area (Å²) in [6, 6.07) is 0.654. The summed E-state index contributed by atoms with van der Waals surface area (Å²) >= 11 is 0. The van der Waals surface area contributed by atoms with Gasteiger partial charge >= 0.3 is 0 Å². The molecule has 2 atom stereocenters. The van der Waals surface area contributed by atoms with Crippen molar-refractivity contribution >= 4 is 0 Å². The van der Waals surface area contributed by atoms with E-state index in [0.717, 1.165) is 13.2 Å². The molecule has 0 amide bonds. The maximum Gasteiger partial charge on any atom is 0.0710 e. The van der Waals surface area contributed by atoms with Gasteiger partial charge in [-0.25, -0.2) is 0 Å². The van der Waals surface area contributed by atoms with E-state index >= 15 is 0 Å². The molecule has 2 aliphatic rings. The van der Waals surface area contributed by atoms with Crippen LogP contribution in [0.2, 0.25) is 0 Å². The van der Waals surface area contributed by atoms with Crippen molar-refractivity contribution in [2.24, 2.45) is 0 Å². The van der Waals surface area contributed by atoms with Gasteiger partial charge in [0.2, 0.25) is 0 Å². The minimum absolute atomic E-state index is 0.282. The lowest BCUT2D eigenvalue weighted by Gasteiger charge is -2.36. The normalized spacial score (nSPS) is 45.0. The van der Waals surface area contributed by atoms with Crippen LogP contribution in [0.25, 0.3) is 0 Å². The lowest BCUT2D eigenvalue weighted by atomic mass is 9.86. The van der Waals surface area contributed by atoms with Gasteiger partial charge in [-0.2, -0.15) is 0 Å². The minimum atomic E-state index is 0.282.